The molecule has 3 unspecified atom stereocenters. The van der Waals surface area contributed by atoms with Gasteiger partial charge in [0.1, 0.15) is 22.8 Å². The van der Waals surface area contributed by atoms with Gasteiger partial charge < -0.3 is 88.0 Å². The molecule has 10 aliphatic rings. The van der Waals surface area contributed by atoms with Crippen LogP contribution in [0, 0.1) is 0 Å². The quantitative estimate of drug-likeness (QED) is 0.0667. The number of hydrogen-bond donors (Lipinski definition) is 13. The van der Waals surface area contributed by atoms with Gasteiger partial charge in [0.25, 0.3) is 47.3 Å². The van der Waals surface area contributed by atoms with E-state index in [2.05, 4.69) is 42.5 Å². The molecule has 14 heterocycles. The highest BCUT2D eigenvalue weighted by Crippen LogP contribution is 2.12. The molecule has 10 aliphatic heterocycles. The van der Waals surface area contributed by atoms with E-state index >= 15 is 0 Å². The average molecular weight is 1310 g/mol. The number of hydrogen-bond acceptors (Lipinski definition) is 25. The highest BCUT2D eigenvalue weighted by Gasteiger charge is 2.26. The van der Waals surface area contributed by atoms with Gasteiger partial charge in [-0.1, -0.05) is 6.42 Å². The summed E-state index contributed by atoms with van der Waals surface area (Å²) >= 11 is 0. The van der Waals surface area contributed by atoms with Crippen molar-refractivity contribution in [2.75, 3.05) is 157 Å². The van der Waals surface area contributed by atoms with Crippen molar-refractivity contribution in [3.8, 4) is 23.0 Å². The van der Waals surface area contributed by atoms with Crippen molar-refractivity contribution in [2.45, 2.75) is 25.3 Å². The molecule has 4 aromatic rings. The summed E-state index contributed by atoms with van der Waals surface area (Å²) in [7, 11) is 0. The highest BCUT2D eigenvalue weighted by molar-refractivity contribution is 5.94. The number of unbranched alkanes of at least 4 members (excludes halogenated alkanes) is 1. The van der Waals surface area contributed by atoms with E-state index in [9.17, 15) is 78.4 Å². The van der Waals surface area contributed by atoms with Crippen molar-refractivity contribution >= 4 is 47.3 Å². The minimum atomic E-state index is -1.18. The van der Waals surface area contributed by atoms with Crippen LogP contribution in [0.4, 0.5) is 0 Å². The maximum atomic E-state index is 14.1. The van der Waals surface area contributed by atoms with Crippen LogP contribution in [-0.4, -0.2) is 270 Å². The minimum Gasteiger partial charge on any atom is -0.478 e. The Morgan fingerprint density at radius 3 is 0.925 bits per heavy atom. The largest absolute Gasteiger partial charge is 0.478 e. The maximum absolute atomic E-state index is 14.1. The number of nitrogens with two attached hydrogens (primary N) is 1. The van der Waals surface area contributed by atoms with Gasteiger partial charge >= 0.3 is 22.2 Å². The monoisotopic (exact) mass is 1310 g/mol. The molecule has 506 valence electrons. The van der Waals surface area contributed by atoms with Gasteiger partial charge in [-0.15, -0.1) is 18.9 Å². The number of ether oxygens (including phenoxy) is 4. The second-order valence-electron chi connectivity index (χ2n) is 21.4. The van der Waals surface area contributed by atoms with E-state index in [1.807, 2.05) is 0 Å². The Hall–Kier alpha value is -10.2. The summed E-state index contributed by atoms with van der Waals surface area (Å²) in [5.41, 5.74) is -0.897. The van der Waals surface area contributed by atoms with Crippen molar-refractivity contribution in [3.05, 3.63) is 113 Å². The van der Waals surface area contributed by atoms with Crippen LogP contribution in [0.5, 0.6) is 23.0 Å². The first kappa shape index (κ1) is 70.2. The molecule has 0 fully saturated rings. The molecule has 14 N–H and O–H groups in total. The zero-order chi connectivity index (χ0) is 67.0. The van der Waals surface area contributed by atoms with Crippen LogP contribution in [0.25, 0.3) is 0 Å². The molecule has 0 radical (unpaired) electrons. The fourth-order valence-corrected chi connectivity index (χ4v) is 9.79. The van der Waals surface area contributed by atoms with Crippen molar-refractivity contribution < 1.29 is 78.1 Å². The molecule has 37 nitrogen and oxygen atoms in total. The van der Waals surface area contributed by atoms with Crippen LogP contribution in [0.2, 0.25) is 0 Å². The first-order valence-corrected chi connectivity index (χ1v) is 29.8. The lowest BCUT2D eigenvalue weighted by Gasteiger charge is -2.31. The Kier molecular flexibility index (Phi) is 26.3. The van der Waals surface area contributed by atoms with Gasteiger partial charge in [-0.2, -0.15) is 0 Å². The van der Waals surface area contributed by atoms with Crippen molar-refractivity contribution in [3.63, 3.8) is 0 Å². The second-order valence-corrected chi connectivity index (χ2v) is 21.4. The Balaban J connectivity index is 1.30. The van der Waals surface area contributed by atoms with Crippen LogP contribution in [0.1, 0.15) is 61.2 Å². The molecule has 0 saturated carbocycles. The van der Waals surface area contributed by atoms with Gasteiger partial charge in [-0.3, -0.25) is 77.1 Å². The molecule has 0 saturated heterocycles. The molecule has 4 aromatic heterocycles. The van der Waals surface area contributed by atoms with Gasteiger partial charge in [-0.05, 0) is 67.9 Å². The first-order valence-electron chi connectivity index (χ1n) is 29.8. The summed E-state index contributed by atoms with van der Waals surface area (Å²) in [6.07, 6.45) is 1.22. The van der Waals surface area contributed by atoms with E-state index in [4.69, 9.17) is 24.7 Å². The maximum Gasteiger partial charge on any atom is 0.325 e. The Morgan fingerprint density at radius 1 is 0.355 bits per heavy atom. The zero-order valence-corrected chi connectivity index (χ0v) is 50.8. The number of rotatable bonds is 4. The number of aromatic nitrogens is 4. The number of fused-ring (bicyclic) bond motifs is 2. The van der Waals surface area contributed by atoms with Gasteiger partial charge in [-0.25, -0.2) is 0 Å². The van der Waals surface area contributed by atoms with Crippen LogP contribution >= 0.6 is 0 Å². The number of pyridine rings is 4. The molecular weight excluding hydrogens is 1230 g/mol. The van der Waals surface area contributed by atoms with Crippen molar-refractivity contribution in [1.29, 1.82) is 0 Å². The summed E-state index contributed by atoms with van der Waals surface area (Å²) < 4.78 is 22.1. The minimum absolute atomic E-state index is 0.0171. The fourth-order valence-electron chi connectivity index (χ4n) is 9.79. The molecule has 0 aromatic carbocycles. The summed E-state index contributed by atoms with van der Waals surface area (Å²) in [5.74, 6) is -8.36. The number of nitrogens with zero attached hydrogens (tertiary/aromatic N) is 8. The van der Waals surface area contributed by atoms with Gasteiger partial charge in [0.15, 0.2) is 49.4 Å². The van der Waals surface area contributed by atoms with Crippen molar-refractivity contribution in [2.24, 2.45) is 5.73 Å². The molecule has 3 atom stereocenters. The third kappa shape index (κ3) is 20.6. The van der Waals surface area contributed by atoms with E-state index in [-0.39, 0.29) is 156 Å². The average Bonchev–Trinajstić information content (AvgIpc) is 0.901. The molecule has 14 rings (SSSR count). The molecule has 0 spiro atoms. The first-order chi connectivity index (χ1) is 44.7. The predicted molar refractivity (Wildman–Crippen MR) is 322 cm³/mol. The molecular formula is C56H77N17O20. The molecule has 37 heteroatoms. The lowest BCUT2D eigenvalue weighted by molar-refractivity contribution is -0.124. The molecule has 93 heavy (non-hydrogen) atoms. The van der Waals surface area contributed by atoms with E-state index in [1.54, 1.807) is 19.6 Å². The van der Waals surface area contributed by atoms with Crippen molar-refractivity contribution in [1.82, 2.24) is 81.1 Å². The summed E-state index contributed by atoms with van der Waals surface area (Å²) in [5, 5.41) is 65.3. The van der Waals surface area contributed by atoms with Crippen LogP contribution in [-0.2, 0) is 19.2 Å². The normalized spacial score (nSPS) is 21.6. The van der Waals surface area contributed by atoms with Crippen LogP contribution < -0.4 is 89.5 Å². The lowest BCUT2D eigenvalue weighted by atomic mass is 10.1. The molecule has 0 aliphatic carbocycles. The van der Waals surface area contributed by atoms with E-state index < -0.39 is 148 Å². The van der Waals surface area contributed by atoms with Gasteiger partial charge in [0.2, 0.25) is 0 Å². The second kappa shape index (κ2) is 34.8. The Bertz CT molecular complexity index is 3470. The number of carbonyl (C=O) groups is 8. The standard InChI is InChI=1S/C56H77N17O20/c57-12-2-1-3-36-31-69-26-19-64-51(80)39-6-10-43(55(84)72(39)88)92-34-47(76)60-15-22-67(23-16-61-48(77)35-93-44-11-7-40(52(81)65-36)73(89)56(44)85)28-27-66-20-13-58-45(74)32-90-41-8-4-37(70(86)53(41)82)49(78)62-17-24-68(29-30-69)25-18-63-50(79)38-5-9-42(54(83)71(38)87)91-33-46(75)59-14-21-66/h4-11,36,86-89H,1-3,12-35,57H2,(H,58,74)(H,59,75)(H,60,76)(H,61,77)(H,62,78)(H,63,79)(H,64,80)(H,65,81). The lowest BCUT2D eigenvalue weighted by Crippen LogP contribution is -2.49. The van der Waals surface area contributed by atoms with Crippen LogP contribution in [0.15, 0.2) is 67.7 Å². The number of nitrogens with one attached hydrogen (secondary N) is 8. The Morgan fingerprint density at radius 2 is 0.624 bits per heavy atom. The fraction of sp³-hybridized carbons (Fsp3) is 0.500. The Labute approximate surface area is 529 Å². The van der Waals surface area contributed by atoms with Crippen LogP contribution in [0.3, 0.4) is 0 Å². The summed E-state index contributed by atoms with van der Waals surface area (Å²) in [4.78, 5) is 168. The SMILES string of the molecule is NCCCCC1CN2CCNC(=O)c3ccc(c(=O)n3O)OCC(=O)NCCN(CCNC(=O)COc3ccc(n(O)c3=O)C(=O)N1)CCN1CCNC(=O)COc3ccc(n(O)c3=O)C(=O)NCCN(CCNC(=O)c3ccc(c(=O)n3O)OCC(=O)NCC1)CC2. The summed E-state index contributed by atoms with van der Waals surface area (Å²) in [6, 6.07) is 7.99. The van der Waals surface area contributed by atoms with Gasteiger partial charge in [0.05, 0.1) is 0 Å². The summed E-state index contributed by atoms with van der Waals surface area (Å²) in [6.45, 7) is -2.51. The van der Waals surface area contributed by atoms with Gasteiger partial charge in [0, 0.05) is 130 Å². The van der Waals surface area contributed by atoms with E-state index in [0.717, 1.165) is 48.5 Å². The highest BCUT2D eigenvalue weighted by atomic mass is 16.5. The van der Waals surface area contributed by atoms with E-state index in [0.29, 0.717) is 12.8 Å². The third-order valence-electron chi connectivity index (χ3n) is 14.9. The number of carbonyl (C=O) groups excluding carboxylic acids is 8. The topological polar surface area (TPSA) is 478 Å². The third-order valence-corrected chi connectivity index (χ3v) is 14.9. The predicted octanol–water partition coefficient (Wildman–Crippen LogP) is -6.97. The molecule has 8 amide bonds. The number of amides is 8. The smallest absolute Gasteiger partial charge is 0.325 e. The molecule has 12 bridgehead atoms. The zero-order valence-electron chi connectivity index (χ0n) is 50.8. The van der Waals surface area contributed by atoms with E-state index in [1.165, 1.54) is 0 Å².